The molecule has 1 fully saturated rings. The van der Waals surface area contributed by atoms with Crippen molar-refractivity contribution in [2.24, 2.45) is 0 Å². The summed E-state index contributed by atoms with van der Waals surface area (Å²) in [5.74, 6) is 0.846. The maximum atomic E-state index is 12.4. The maximum absolute atomic E-state index is 12.4. The number of carbonyl (C=O) groups excluding carboxylic acids is 1. The third-order valence-electron chi connectivity index (χ3n) is 4.58. The number of aromatic nitrogens is 4. The summed E-state index contributed by atoms with van der Waals surface area (Å²) in [5.41, 5.74) is 2.65. The average molecular weight is 348 g/mol. The summed E-state index contributed by atoms with van der Waals surface area (Å²) < 4.78 is 0. The van der Waals surface area contributed by atoms with E-state index in [-0.39, 0.29) is 11.9 Å². The predicted octanol–water partition coefficient (Wildman–Crippen LogP) is 2.27. The van der Waals surface area contributed by atoms with Crippen molar-refractivity contribution in [2.75, 3.05) is 18.0 Å². The van der Waals surface area contributed by atoms with Crippen molar-refractivity contribution in [3.63, 3.8) is 0 Å². The molecule has 4 heterocycles. The minimum absolute atomic E-state index is 0.0567. The minimum atomic E-state index is -0.0567. The summed E-state index contributed by atoms with van der Waals surface area (Å²) in [4.78, 5) is 22.6. The van der Waals surface area contributed by atoms with Crippen LogP contribution in [0.4, 0.5) is 5.82 Å². The van der Waals surface area contributed by atoms with Gasteiger partial charge in [0.2, 0.25) is 0 Å². The normalized spacial score (nSPS) is 17.1. The monoisotopic (exact) mass is 348 g/mol. The van der Waals surface area contributed by atoms with Crippen LogP contribution in [0, 0.1) is 0 Å². The van der Waals surface area contributed by atoms with Gasteiger partial charge in [-0.15, -0.1) is 0 Å². The maximum Gasteiger partial charge on any atom is 0.251 e. The van der Waals surface area contributed by atoms with Crippen molar-refractivity contribution in [2.45, 2.75) is 18.9 Å². The van der Waals surface area contributed by atoms with E-state index in [2.05, 4.69) is 30.4 Å². The number of hydrogen-bond acceptors (Lipinski definition) is 5. The van der Waals surface area contributed by atoms with E-state index in [4.69, 9.17) is 0 Å². The van der Waals surface area contributed by atoms with E-state index in [0.717, 1.165) is 43.0 Å². The fourth-order valence-corrected chi connectivity index (χ4v) is 3.23. The Labute approximate surface area is 151 Å². The lowest BCUT2D eigenvalue weighted by Crippen LogP contribution is -2.48. The summed E-state index contributed by atoms with van der Waals surface area (Å²) in [6, 6.07) is 9.50. The molecular formula is C19H20N6O. The Morgan fingerprint density at radius 2 is 1.85 bits per heavy atom. The van der Waals surface area contributed by atoms with Crippen molar-refractivity contribution < 1.29 is 4.79 Å². The molecule has 7 nitrogen and oxygen atoms in total. The van der Waals surface area contributed by atoms with Crippen LogP contribution in [0.2, 0.25) is 0 Å². The molecule has 3 aromatic heterocycles. The van der Waals surface area contributed by atoms with Crippen LogP contribution in [0.1, 0.15) is 23.2 Å². The summed E-state index contributed by atoms with van der Waals surface area (Å²) in [5, 5.41) is 10.7. The van der Waals surface area contributed by atoms with Gasteiger partial charge in [-0.05, 0) is 37.1 Å². The molecule has 1 atom stereocenters. The van der Waals surface area contributed by atoms with Crippen molar-refractivity contribution in [3.05, 3.63) is 60.7 Å². The zero-order chi connectivity index (χ0) is 17.8. The number of amides is 1. The number of carbonyl (C=O) groups is 1. The Morgan fingerprint density at radius 3 is 2.62 bits per heavy atom. The zero-order valence-corrected chi connectivity index (χ0v) is 14.3. The Balaban J connectivity index is 1.42. The van der Waals surface area contributed by atoms with E-state index in [0.29, 0.717) is 5.56 Å². The second-order valence-corrected chi connectivity index (χ2v) is 6.37. The summed E-state index contributed by atoms with van der Waals surface area (Å²) in [6.07, 6.45) is 8.77. The number of H-pyrrole nitrogens is 1. The molecule has 0 aromatic carbocycles. The molecule has 1 aliphatic heterocycles. The van der Waals surface area contributed by atoms with Crippen LogP contribution in [0.5, 0.6) is 0 Å². The number of nitrogens with zero attached hydrogens (tertiary/aromatic N) is 4. The van der Waals surface area contributed by atoms with Gasteiger partial charge in [0.25, 0.3) is 5.91 Å². The molecule has 7 heteroatoms. The highest BCUT2D eigenvalue weighted by Crippen LogP contribution is 2.23. The second kappa shape index (κ2) is 7.35. The Bertz CT molecular complexity index is 864. The van der Waals surface area contributed by atoms with Gasteiger partial charge in [0.15, 0.2) is 5.82 Å². The van der Waals surface area contributed by atoms with Crippen LogP contribution in [-0.2, 0) is 0 Å². The number of nitrogens with one attached hydrogen (secondary N) is 2. The van der Waals surface area contributed by atoms with E-state index in [1.807, 2.05) is 18.2 Å². The summed E-state index contributed by atoms with van der Waals surface area (Å²) >= 11 is 0. The number of hydrogen-bond donors (Lipinski definition) is 2. The van der Waals surface area contributed by atoms with E-state index in [1.54, 1.807) is 36.9 Å². The topological polar surface area (TPSA) is 86.8 Å². The zero-order valence-electron chi connectivity index (χ0n) is 14.3. The number of anilines is 1. The summed E-state index contributed by atoms with van der Waals surface area (Å²) in [7, 11) is 0. The largest absolute Gasteiger partial charge is 0.353 e. The van der Waals surface area contributed by atoms with E-state index in [1.165, 1.54) is 0 Å². The number of piperidine rings is 1. The molecule has 1 amide bonds. The predicted molar refractivity (Wildman–Crippen MR) is 98.8 cm³/mol. The number of rotatable bonds is 4. The fourth-order valence-electron chi connectivity index (χ4n) is 3.23. The standard InChI is InChI=1S/C19H20N6O/c26-19(15-5-9-21-10-6-15)22-16-2-1-11-25(13-16)18-12-17(23-24-18)14-3-7-20-8-4-14/h3-10,12,16H,1-2,11,13H2,(H,22,26)(H,23,24)/t16-/m0/s1. The lowest BCUT2D eigenvalue weighted by Gasteiger charge is -2.33. The highest BCUT2D eigenvalue weighted by atomic mass is 16.1. The van der Waals surface area contributed by atoms with Crippen molar-refractivity contribution in [1.82, 2.24) is 25.5 Å². The third-order valence-corrected chi connectivity index (χ3v) is 4.58. The van der Waals surface area contributed by atoms with Crippen LogP contribution in [0.25, 0.3) is 11.3 Å². The van der Waals surface area contributed by atoms with Gasteiger partial charge < -0.3 is 10.2 Å². The molecule has 26 heavy (non-hydrogen) atoms. The molecule has 0 aliphatic carbocycles. The minimum Gasteiger partial charge on any atom is -0.353 e. The van der Waals surface area contributed by atoms with Crippen molar-refractivity contribution in [3.8, 4) is 11.3 Å². The second-order valence-electron chi connectivity index (χ2n) is 6.37. The Morgan fingerprint density at radius 1 is 1.12 bits per heavy atom. The van der Waals surface area contributed by atoms with Gasteiger partial charge in [-0.1, -0.05) is 0 Å². The van der Waals surface area contributed by atoms with Gasteiger partial charge in [0.1, 0.15) is 0 Å². The molecule has 1 saturated heterocycles. The van der Waals surface area contributed by atoms with Crippen LogP contribution < -0.4 is 10.2 Å². The first kappa shape index (κ1) is 16.3. The summed E-state index contributed by atoms with van der Waals surface area (Å²) in [6.45, 7) is 1.68. The first-order valence-electron chi connectivity index (χ1n) is 8.71. The smallest absolute Gasteiger partial charge is 0.251 e. The van der Waals surface area contributed by atoms with Gasteiger partial charge >= 0.3 is 0 Å². The molecule has 4 rings (SSSR count). The lowest BCUT2D eigenvalue weighted by molar-refractivity contribution is 0.0933. The van der Waals surface area contributed by atoms with Crippen LogP contribution >= 0.6 is 0 Å². The molecule has 0 saturated carbocycles. The molecular weight excluding hydrogens is 328 g/mol. The molecule has 0 radical (unpaired) electrons. The van der Waals surface area contributed by atoms with Gasteiger partial charge in [0, 0.05) is 61.1 Å². The van der Waals surface area contributed by atoms with Gasteiger partial charge in [-0.2, -0.15) is 5.10 Å². The molecule has 3 aromatic rings. The first-order valence-corrected chi connectivity index (χ1v) is 8.71. The van der Waals surface area contributed by atoms with Crippen LogP contribution in [0.15, 0.2) is 55.1 Å². The average Bonchev–Trinajstić information content (AvgIpc) is 3.20. The van der Waals surface area contributed by atoms with Gasteiger partial charge in [0.05, 0.1) is 5.69 Å². The highest BCUT2D eigenvalue weighted by molar-refractivity contribution is 5.94. The molecule has 0 spiro atoms. The van der Waals surface area contributed by atoms with Gasteiger partial charge in [-0.25, -0.2) is 0 Å². The molecule has 132 valence electrons. The Hall–Kier alpha value is -3.22. The Kier molecular flexibility index (Phi) is 4.59. The van der Waals surface area contributed by atoms with Crippen molar-refractivity contribution in [1.29, 1.82) is 0 Å². The first-order chi connectivity index (χ1) is 12.8. The SMILES string of the molecule is O=C(N[C@H]1CCCN(c2cc(-c3ccncc3)[nH]n2)C1)c1ccncc1. The fraction of sp³-hybridized carbons (Fsp3) is 0.263. The molecule has 0 bridgehead atoms. The van der Waals surface area contributed by atoms with E-state index < -0.39 is 0 Å². The molecule has 2 N–H and O–H groups in total. The molecule has 1 aliphatic rings. The highest BCUT2D eigenvalue weighted by Gasteiger charge is 2.23. The third kappa shape index (κ3) is 3.56. The van der Waals surface area contributed by atoms with Crippen molar-refractivity contribution >= 4 is 11.7 Å². The van der Waals surface area contributed by atoms with E-state index in [9.17, 15) is 4.79 Å². The van der Waals surface area contributed by atoms with Crippen LogP contribution in [0.3, 0.4) is 0 Å². The van der Waals surface area contributed by atoms with Gasteiger partial charge in [-0.3, -0.25) is 19.9 Å². The van der Waals surface area contributed by atoms with E-state index >= 15 is 0 Å². The number of pyridine rings is 2. The lowest BCUT2D eigenvalue weighted by atomic mass is 10.0. The number of aromatic amines is 1. The van der Waals surface area contributed by atoms with Crippen LogP contribution in [-0.4, -0.2) is 45.2 Å². The quantitative estimate of drug-likeness (QED) is 0.755. The molecule has 0 unspecified atom stereocenters.